The Balaban J connectivity index is 0.00000112. The van der Waals surface area contributed by atoms with E-state index in [4.69, 9.17) is 0 Å². The molecule has 0 radical (unpaired) electrons. The average molecular weight is 230 g/mol. The van der Waals surface area contributed by atoms with Gasteiger partial charge in [0.25, 0.3) is 0 Å². The summed E-state index contributed by atoms with van der Waals surface area (Å²) in [6.07, 6.45) is 0. The van der Waals surface area contributed by atoms with Gasteiger partial charge in [0.2, 0.25) is 0 Å². The standard InChI is InChI=1S/C9H4O5.K/c10-7(11)4-1-2-5-6(3-4)9(13)14-8(5)12;/h1-3H,(H,10,11);/q;+1/p-1. The Morgan fingerprint density at radius 3 is 2.33 bits per heavy atom. The normalized spacial score (nSPS) is 12.8. The Kier molecular flexibility index (Phi) is 3.80. The molecular weight excluding hydrogens is 227 g/mol. The fourth-order valence-corrected chi connectivity index (χ4v) is 1.21. The molecule has 0 fully saturated rings. The van der Waals surface area contributed by atoms with Crippen LogP contribution < -0.4 is 56.5 Å². The molecule has 1 heterocycles. The molecule has 6 heteroatoms. The third kappa shape index (κ3) is 2.18. The van der Waals surface area contributed by atoms with Gasteiger partial charge in [-0.1, -0.05) is 6.07 Å². The number of carboxylic acid groups (broad SMARTS) is 1. The van der Waals surface area contributed by atoms with E-state index in [0.717, 1.165) is 6.07 Å². The van der Waals surface area contributed by atoms with Gasteiger partial charge in [-0.15, -0.1) is 0 Å². The number of carbonyl (C=O) groups excluding carboxylic acids is 3. The second-order valence-corrected chi connectivity index (χ2v) is 2.72. The molecule has 0 unspecified atom stereocenters. The first-order valence-corrected chi connectivity index (χ1v) is 3.71. The van der Waals surface area contributed by atoms with Crippen LogP contribution in [0.25, 0.3) is 0 Å². The van der Waals surface area contributed by atoms with Gasteiger partial charge >= 0.3 is 63.3 Å². The van der Waals surface area contributed by atoms with Crippen molar-refractivity contribution >= 4 is 17.9 Å². The van der Waals surface area contributed by atoms with Crippen LogP contribution in [0.4, 0.5) is 0 Å². The van der Waals surface area contributed by atoms with E-state index in [1.54, 1.807) is 0 Å². The van der Waals surface area contributed by atoms with E-state index < -0.39 is 17.9 Å². The molecule has 0 amide bonds. The zero-order valence-corrected chi connectivity index (χ0v) is 10.9. The van der Waals surface area contributed by atoms with Crippen molar-refractivity contribution in [3.8, 4) is 0 Å². The van der Waals surface area contributed by atoms with Gasteiger partial charge in [-0.2, -0.15) is 0 Å². The van der Waals surface area contributed by atoms with Gasteiger partial charge in [0, 0.05) is 0 Å². The van der Waals surface area contributed by atoms with Crippen molar-refractivity contribution < 1.29 is 75.6 Å². The Morgan fingerprint density at radius 1 is 1.13 bits per heavy atom. The minimum atomic E-state index is -1.40. The third-order valence-corrected chi connectivity index (χ3v) is 1.88. The Labute approximate surface area is 127 Å². The third-order valence-electron chi connectivity index (χ3n) is 1.88. The van der Waals surface area contributed by atoms with Crippen LogP contribution in [0.1, 0.15) is 31.1 Å². The summed E-state index contributed by atoms with van der Waals surface area (Å²) in [7, 11) is 0. The molecular formula is C9H3KO5. The number of aromatic carboxylic acids is 1. The summed E-state index contributed by atoms with van der Waals surface area (Å²) in [5.41, 5.74) is -0.105. The Hall–Kier alpha value is -0.534. The second kappa shape index (κ2) is 4.54. The fraction of sp³-hybridized carbons (Fsp3) is 0. The maximum Gasteiger partial charge on any atom is 1.00 e. The molecule has 0 saturated heterocycles. The van der Waals surface area contributed by atoms with Crippen molar-refractivity contribution in [3.63, 3.8) is 0 Å². The first-order valence-electron chi connectivity index (χ1n) is 3.71. The van der Waals surface area contributed by atoms with Crippen LogP contribution in [0, 0.1) is 0 Å². The van der Waals surface area contributed by atoms with Gasteiger partial charge in [0.15, 0.2) is 0 Å². The summed E-state index contributed by atoms with van der Waals surface area (Å²) in [6, 6.07) is 3.49. The molecule has 0 saturated carbocycles. The van der Waals surface area contributed by atoms with Crippen molar-refractivity contribution in [1.29, 1.82) is 0 Å². The van der Waals surface area contributed by atoms with E-state index in [-0.39, 0.29) is 68.1 Å². The maximum absolute atomic E-state index is 11.0. The van der Waals surface area contributed by atoms with Gasteiger partial charge in [-0.25, -0.2) is 9.59 Å². The Morgan fingerprint density at radius 2 is 1.73 bits per heavy atom. The second-order valence-electron chi connectivity index (χ2n) is 2.72. The molecule has 1 aliphatic heterocycles. The molecule has 1 aromatic rings. The number of ether oxygens (including phenoxy) is 1. The molecule has 0 aromatic heterocycles. The monoisotopic (exact) mass is 230 g/mol. The van der Waals surface area contributed by atoms with Crippen LogP contribution in [0.5, 0.6) is 0 Å². The molecule has 0 spiro atoms. The molecule has 5 nitrogen and oxygen atoms in total. The number of fused-ring (bicyclic) bond motifs is 1. The van der Waals surface area contributed by atoms with Crippen LogP contribution in [-0.4, -0.2) is 17.9 Å². The zero-order valence-electron chi connectivity index (χ0n) is 7.77. The number of carboxylic acids is 1. The summed E-state index contributed by atoms with van der Waals surface area (Å²) >= 11 is 0. The van der Waals surface area contributed by atoms with Crippen LogP contribution in [-0.2, 0) is 4.74 Å². The van der Waals surface area contributed by atoms with Crippen LogP contribution in [0.2, 0.25) is 0 Å². The van der Waals surface area contributed by atoms with Gasteiger partial charge in [-0.3, -0.25) is 0 Å². The van der Waals surface area contributed by atoms with Gasteiger partial charge in [-0.05, 0) is 17.7 Å². The van der Waals surface area contributed by atoms with Crippen LogP contribution >= 0.6 is 0 Å². The summed E-state index contributed by atoms with van der Waals surface area (Å²) < 4.78 is 4.28. The van der Waals surface area contributed by atoms with E-state index in [2.05, 4.69) is 4.74 Å². The van der Waals surface area contributed by atoms with Crippen LogP contribution in [0.15, 0.2) is 18.2 Å². The van der Waals surface area contributed by atoms with E-state index in [1.807, 2.05) is 0 Å². The van der Waals surface area contributed by atoms with Crippen molar-refractivity contribution in [2.45, 2.75) is 0 Å². The largest absolute Gasteiger partial charge is 1.00 e. The summed E-state index contributed by atoms with van der Waals surface area (Å²) in [4.78, 5) is 32.4. The van der Waals surface area contributed by atoms with E-state index in [0.29, 0.717) is 0 Å². The summed E-state index contributed by atoms with van der Waals surface area (Å²) in [6.45, 7) is 0. The molecule has 1 aromatic carbocycles. The van der Waals surface area contributed by atoms with E-state index >= 15 is 0 Å². The zero-order chi connectivity index (χ0) is 10.3. The molecule has 1 aliphatic rings. The SMILES string of the molecule is O=C([O-])c1ccc2c(c1)C(=O)OC2=O.[K+]. The number of hydrogen-bond donors (Lipinski definition) is 0. The van der Waals surface area contributed by atoms with E-state index in [1.165, 1.54) is 12.1 Å². The van der Waals surface area contributed by atoms with Crippen molar-refractivity contribution in [2.75, 3.05) is 0 Å². The predicted octanol–water partition coefficient (Wildman–Crippen LogP) is -3.64. The van der Waals surface area contributed by atoms with Crippen molar-refractivity contribution in [3.05, 3.63) is 34.9 Å². The van der Waals surface area contributed by atoms with Gasteiger partial charge in [0.1, 0.15) is 0 Å². The summed E-state index contributed by atoms with van der Waals surface area (Å²) in [5, 5.41) is 10.4. The molecule has 15 heavy (non-hydrogen) atoms. The molecule has 0 aliphatic carbocycles. The number of carbonyl (C=O) groups is 3. The molecule has 0 atom stereocenters. The smallest absolute Gasteiger partial charge is 0.545 e. The molecule has 0 bridgehead atoms. The first-order chi connectivity index (χ1) is 6.59. The van der Waals surface area contributed by atoms with Gasteiger partial charge < -0.3 is 14.6 Å². The predicted molar refractivity (Wildman–Crippen MR) is 40.5 cm³/mol. The number of rotatable bonds is 1. The van der Waals surface area contributed by atoms with Gasteiger partial charge in [0.05, 0.1) is 17.1 Å². The minimum absolute atomic E-state index is 0. The number of hydrogen-bond acceptors (Lipinski definition) is 5. The maximum atomic E-state index is 11.0. The molecule has 70 valence electrons. The van der Waals surface area contributed by atoms with Crippen molar-refractivity contribution in [2.24, 2.45) is 0 Å². The number of esters is 2. The van der Waals surface area contributed by atoms with Crippen molar-refractivity contribution in [1.82, 2.24) is 0 Å². The minimum Gasteiger partial charge on any atom is -0.545 e. The van der Waals surface area contributed by atoms with E-state index in [9.17, 15) is 19.5 Å². The molecule has 2 rings (SSSR count). The Bertz CT molecular complexity index is 466. The quantitative estimate of drug-likeness (QED) is 0.282. The number of benzene rings is 1. The molecule has 0 N–H and O–H groups in total. The summed E-state index contributed by atoms with van der Waals surface area (Å²) in [5.74, 6) is -2.98. The van der Waals surface area contributed by atoms with Crippen LogP contribution in [0.3, 0.4) is 0 Å². The average Bonchev–Trinajstić information content (AvgIpc) is 2.42. The first kappa shape index (κ1) is 12.5. The fourth-order valence-electron chi connectivity index (χ4n) is 1.21. The topological polar surface area (TPSA) is 83.5 Å². The number of cyclic esters (lactones) is 2.